The van der Waals surface area contributed by atoms with Crippen LogP contribution in [0, 0.1) is 20.8 Å². The molecule has 0 N–H and O–H groups in total. The van der Waals surface area contributed by atoms with Crippen LogP contribution < -0.4 is 25.8 Å². The Morgan fingerprint density at radius 2 is 0.652 bits per heavy atom. The van der Waals surface area contributed by atoms with Gasteiger partial charge in [-0.1, -0.05) is 0 Å². The molecule has 0 aliphatic heterocycles. The van der Waals surface area contributed by atoms with Crippen molar-refractivity contribution in [3.8, 4) is 0 Å². The molecule has 2 heteroatoms. The molecule has 3 aromatic rings. The third kappa shape index (κ3) is 4.26. The molecule has 0 spiro atoms. The molecule has 118 valence electrons. The fourth-order valence-corrected chi connectivity index (χ4v) is 6.71. The molecular formula is C21H21ClSe. The summed E-state index contributed by atoms with van der Waals surface area (Å²) < 4.78 is 4.41. The van der Waals surface area contributed by atoms with Crippen LogP contribution in [0.5, 0.6) is 0 Å². The number of aryl methyl sites for hydroxylation is 3. The van der Waals surface area contributed by atoms with Gasteiger partial charge in [-0.25, -0.2) is 0 Å². The van der Waals surface area contributed by atoms with Crippen LogP contribution in [0.2, 0.25) is 0 Å². The Morgan fingerprint density at radius 1 is 0.435 bits per heavy atom. The quantitative estimate of drug-likeness (QED) is 0.561. The standard InChI is InChI=1S/C21H21Se.ClH/c1-16-4-10-19(11-5-16)22(20-12-6-17(2)7-13-20)21-14-8-18(3)9-15-21;/h4-15H,1-3H3;1H/q+1;/p-1. The Morgan fingerprint density at radius 3 is 0.870 bits per heavy atom. The maximum atomic E-state index is 2.31. The molecule has 0 saturated carbocycles. The van der Waals surface area contributed by atoms with Crippen molar-refractivity contribution in [2.45, 2.75) is 20.8 Å². The fourth-order valence-electron chi connectivity index (χ4n) is 2.43. The second-order valence-corrected chi connectivity index (χ2v) is 10.00. The van der Waals surface area contributed by atoms with Gasteiger partial charge in [0.15, 0.2) is 0 Å². The SMILES string of the molecule is Cc1ccc([Se+](c2ccc(C)cc2)c2ccc(C)cc2)cc1.[Cl-]. The van der Waals surface area contributed by atoms with E-state index in [1.165, 1.54) is 30.1 Å². The second-order valence-electron chi connectivity index (χ2n) is 5.75. The van der Waals surface area contributed by atoms with E-state index < -0.39 is 13.9 Å². The van der Waals surface area contributed by atoms with Gasteiger partial charge >= 0.3 is 138 Å². The van der Waals surface area contributed by atoms with E-state index in [1.807, 2.05) is 0 Å². The van der Waals surface area contributed by atoms with Crippen molar-refractivity contribution in [3.05, 3.63) is 89.5 Å². The molecule has 0 heterocycles. The first kappa shape index (κ1) is 17.8. The van der Waals surface area contributed by atoms with Crippen LogP contribution in [-0.2, 0) is 0 Å². The van der Waals surface area contributed by atoms with E-state index in [1.54, 1.807) is 0 Å². The third-order valence-electron chi connectivity index (χ3n) is 3.77. The molecule has 0 aliphatic rings. The summed E-state index contributed by atoms with van der Waals surface area (Å²) in [4.78, 5) is 0. The van der Waals surface area contributed by atoms with E-state index in [0.717, 1.165) is 0 Å². The summed E-state index contributed by atoms with van der Waals surface area (Å²) in [6.45, 7) is 6.45. The molecule has 0 aromatic heterocycles. The van der Waals surface area contributed by atoms with Gasteiger partial charge in [-0.15, -0.1) is 0 Å². The van der Waals surface area contributed by atoms with Crippen LogP contribution in [0.3, 0.4) is 0 Å². The van der Waals surface area contributed by atoms with Crippen molar-refractivity contribution >= 4 is 27.3 Å². The summed E-state index contributed by atoms with van der Waals surface area (Å²) in [6.07, 6.45) is 0. The first-order valence-corrected chi connectivity index (χ1v) is 10.1. The summed E-state index contributed by atoms with van der Waals surface area (Å²) >= 11 is -1.20. The molecule has 0 amide bonds. The molecule has 0 nitrogen and oxygen atoms in total. The van der Waals surface area contributed by atoms with Gasteiger partial charge in [0.2, 0.25) is 0 Å². The minimum atomic E-state index is -1.20. The van der Waals surface area contributed by atoms with Gasteiger partial charge in [0.05, 0.1) is 0 Å². The molecular weight excluding hydrogens is 367 g/mol. The average molecular weight is 388 g/mol. The van der Waals surface area contributed by atoms with Crippen LogP contribution >= 0.6 is 0 Å². The smallest absolute Gasteiger partial charge is 1.00 e. The van der Waals surface area contributed by atoms with Crippen molar-refractivity contribution in [3.63, 3.8) is 0 Å². The van der Waals surface area contributed by atoms with Gasteiger partial charge in [-0.05, 0) is 0 Å². The molecule has 0 unspecified atom stereocenters. The Balaban J connectivity index is 0.00000192. The fraction of sp³-hybridized carbons (Fsp3) is 0.143. The predicted molar refractivity (Wildman–Crippen MR) is 98.2 cm³/mol. The monoisotopic (exact) mass is 388 g/mol. The number of rotatable bonds is 3. The normalized spacial score (nSPS) is 10.4. The van der Waals surface area contributed by atoms with Crippen LogP contribution in [0.1, 0.15) is 16.7 Å². The molecule has 0 aliphatic carbocycles. The predicted octanol–water partition coefficient (Wildman–Crippen LogP) is 0.132. The molecule has 0 saturated heterocycles. The molecule has 3 aromatic carbocycles. The Bertz CT molecular complexity index is 635. The third-order valence-corrected chi connectivity index (χ3v) is 8.45. The summed E-state index contributed by atoms with van der Waals surface area (Å²) in [5.74, 6) is 0. The average Bonchev–Trinajstić information content (AvgIpc) is 2.53. The number of hydrogen-bond acceptors (Lipinski definition) is 0. The Kier molecular flexibility index (Phi) is 6.07. The Hall–Kier alpha value is -1.53. The van der Waals surface area contributed by atoms with Crippen LogP contribution in [0.25, 0.3) is 0 Å². The van der Waals surface area contributed by atoms with E-state index >= 15 is 0 Å². The molecule has 3 rings (SSSR count). The maximum Gasteiger partial charge on any atom is -1.00 e. The van der Waals surface area contributed by atoms with Gasteiger partial charge in [0.1, 0.15) is 0 Å². The first-order chi connectivity index (χ1) is 10.6. The molecule has 0 atom stereocenters. The van der Waals surface area contributed by atoms with Crippen molar-refractivity contribution in [2.24, 2.45) is 0 Å². The summed E-state index contributed by atoms with van der Waals surface area (Å²) in [6, 6.07) is 27.2. The van der Waals surface area contributed by atoms with Gasteiger partial charge in [-0.3, -0.25) is 0 Å². The van der Waals surface area contributed by atoms with Gasteiger partial charge in [0, 0.05) is 0 Å². The van der Waals surface area contributed by atoms with E-state index in [4.69, 9.17) is 0 Å². The second kappa shape index (κ2) is 7.83. The van der Waals surface area contributed by atoms with Crippen molar-refractivity contribution in [2.75, 3.05) is 0 Å². The minimum absolute atomic E-state index is 0. The largest absolute Gasteiger partial charge is 1.00 e. The van der Waals surface area contributed by atoms with E-state index in [2.05, 4.69) is 93.6 Å². The van der Waals surface area contributed by atoms with Gasteiger partial charge in [0.25, 0.3) is 0 Å². The topological polar surface area (TPSA) is 0 Å². The van der Waals surface area contributed by atoms with E-state index in [0.29, 0.717) is 0 Å². The number of benzene rings is 3. The zero-order valence-corrected chi connectivity index (χ0v) is 16.2. The number of hydrogen-bond donors (Lipinski definition) is 0. The van der Waals surface area contributed by atoms with Crippen LogP contribution in [0.15, 0.2) is 72.8 Å². The first-order valence-electron chi connectivity index (χ1n) is 7.58. The maximum absolute atomic E-state index is 2.31. The zero-order chi connectivity index (χ0) is 15.5. The van der Waals surface area contributed by atoms with Crippen LogP contribution in [0.4, 0.5) is 0 Å². The summed E-state index contributed by atoms with van der Waals surface area (Å²) in [5.41, 5.74) is 3.96. The van der Waals surface area contributed by atoms with E-state index in [-0.39, 0.29) is 12.4 Å². The van der Waals surface area contributed by atoms with Crippen molar-refractivity contribution in [1.29, 1.82) is 0 Å². The minimum Gasteiger partial charge on any atom is -1.00 e. The molecule has 23 heavy (non-hydrogen) atoms. The van der Waals surface area contributed by atoms with Crippen molar-refractivity contribution < 1.29 is 12.4 Å². The van der Waals surface area contributed by atoms with Crippen molar-refractivity contribution in [1.82, 2.24) is 0 Å². The number of halogens is 1. The van der Waals surface area contributed by atoms with Gasteiger partial charge in [-0.2, -0.15) is 0 Å². The zero-order valence-electron chi connectivity index (χ0n) is 13.7. The van der Waals surface area contributed by atoms with Crippen LogP contribution in [-0.4, -0.2) is 13.9 Å². The molecule has 0 bridgehead atoms. The van der Waals surface area contributed by atoms with E-state index in [9.17, 15) is 0 Å². The molecule has 0 radical (unpaired) electrons. The molecule has 0 fully saturated rings. The summed E-state index contributed by atoms with van der Waals surface area (Å²) in [5, 5.41) is 0. The Labute approximate surface area is 149 Å². The van der Waals surface area contributed by atoms with Gasteiger partial charge < -0.3 is 12.4 Å². The summed E-state index contributed by atoms with van der Waals surface area (Å²) in [7, 11) is 0.